The summed E-state index contributed by atoms with van der Waals surface area (Å²) in [6.45, 7) is 12.0. The van der Waals surface area contributed by atoms with E-state index in [-0.39, 0.29) is 0 Å². The molecule has 6 heteroatoms. The molecule has 2 rings (SSSR count). The average molecular weight is 381 g/mol. The summed E-state index contributed by atoms with van der Waals surface area (Å²) in [5, 5.41) is 21.2. The molecule has 0 spiro atoms. The Hall–Kier alpha value is -1.11. The van der Waals surface area contributed by atoms with Gasteiger partial charge in [0.05, 0.1) is 6.54 Å². The highest BCUT2D eigenvalue weighted by Crippen LogP contribution is 2.23. The van der Waals surface area contributed by atoms with Crippen molar-refractivity contribution in [1.82, 2.24) is 15.5 Å². The molecule has 0 amide bonds. The first-order valence-corrected chi connectivity index (χ1v) is 10.9. The maximum absolute atomic E-state index is 10.6. The SMILES string of the molecule is CCNC(=NCC(C)(O)c1ccsc1)NCCCCN1CCC(C)CC1. The topological polar surface area (TPSA) is 59.9 Å². The molecule has 3 N–H and O–H groups in total. The fraction of sp³-hybridized carbons (Fsp3) is 0.750. The van der Waals surface area contributed by atoms with Crippen LogP contribution in [0.3, 0.4) is 0 Å². The van der Waals surface area contributed by atoms with Gasteiger partial charge < -0.3 is 20.6 Å². The minimum atomic E-state index is -0.923. The van der Waals surface area contributed by atoms with Crippen molar-refractivity contribution in [2.24, 2.45) is 10.9 Å². The molecule has 1 aliphatic heterocycles. The quantitative estimate of drug-likeness (QED) is 0.350. The highest BCUT2D eigenvalue weighted by molar-refractivity contribution is 7.08. The van der Waals surface area contributed by atoms with Gasteiger partial charge in [-0.3, -0.25) is 0 Å². The van der Waals surface area contributed by atoms with Crippen molar-refractivity contribution in [2.45, 2.75) is 52.1 Å². The number of hydrogen-bond donors (Lipinski definition) is 3. The second-order valence-corrected chi connectivity index (χ2v) is 8.42. The first-order chi connectivity index (χ1) is 12.5. The van der Waals surface area contributed by atoms with E-state index >= 15 is 0 Å². The summed E-state index contributed by atoms with van der Waals surface area (Å²) >= 11 is 1.60. The van der Waals surface area contributed by atoms with E-state index in [2.05, 4.69) is 34.4 Å². The zero-order valence-corrected chi connectivity index (χ0v) is 17.4. The number of likely N-dealkylation sites (tertiary alicyclic amines) is 1. The highest BCUT2D eigenvalue weighted by Gasteiger charge is 2.23. The fourth-order valence-corrected chi connectivity index (χ4v) is 3.97. The third-order valence-electron chi connectivity index (χ3n) is 5.10. The first-order valence-electron chi connectivity index (χ1n) is 10.0. The summed E-state index contributed by atoms with van der Waals surface area (Å²) in [7, 11) is 0. The summed E-state index contributed by atoms with van der Waals surface area (Å²) in [5.41, 5.74) is 0.00579. The standard InChI is InChI=1S/C20H36N4OS/c1-4-21-19(23-16-20(3,25)18-9-14-26-15-18)22-10-5-6-11-24-12-7-17(2)8-13-24/h9,14-15,17,25H,4-8,10-13,16H2,1-3H3,(H2,21,22,23). The van der Waals surface area contributed by atoms with Gasteiger partial charge in [-0.25, -0.2) is 4.99 Å². The Morgan fingerprint density at radius 2 is 2.12 bits per heavy atom. The molecule has 1 fully saturated rings. The average Bonchev–Trinajstić information content (AvgIpc) is 3.16. The number of rotatable bonds is 9. The van der Waals surface area contributed by atoms with Crippen LogP contribution in [0.15, 0.2) is 21.8 Å². The molecule has 0 radical (unpaired) electrons. The smallest absolute Gasteiger partial charge is 0.191 e. The van der Waals surface area contributed by atoms with Crippen LogP contribution in [0.4, 0.5) is 0 Å². The van der Waals surface area contributed by atoms with Crippen molar-refractivity contribution in [3.8, 4) is 0 Å². The van der Waals surface area contributed by atoms with Gasteiger partial charge in [0.25, 0.3) is 0 Å². The minimum Gasteiger partial charge on any atom is -0.383 e. The first kappa shape index (κ1) is 21.2. The molecule has 1 saturated heterocycles. The molecule has 0 saturated carbocycles. The second-order valence-electron chi connectivity index (χ2n) is 7.64. The Morgan fingerprint density at radius 1 is 1.35 bits per heavy atom. The third-order valence-corrected chi connectivity index (χ3v) is 5.79. The number of thiophene rings is 1. The molecular weight excluding hydrogens is 344 g/mol. The van der Waals surface area contributed by atoms with E-state index in [1.807, 2.05) is 23.8 Å². The lowest BCUT2D eigenvalue weighted by atomic mass is 9.99. The molecule has 26 heavy (non-hydrogen) atoms. The Kier molecular flexibility index (Phi) is 8.88. The lowest BCUT2D eigenvalue weighted by Crippen LogP contribution is -2.39. The fourth-order valence-electron chi connectivity index (χ4n) is 3.19. The van der Waals surface area contributed by atoms with E-state index in [9.17, 15) is 5.11 Å². The zero-order valence-electron chi connectivity index (χ0n) is 16.6. The molecule has 0 aromatic carbocycles. The molecule has 1 aliphatic rings. The van der Waals surface area contributed by atoms with Gasteiger partial charge in [0.1, 0.15) is 5.60 Å². The van der Waals surface area contributed by atoms with Gasteiger partial charge in [0.2, 0.25) is 0 Å². The second kappa shape index (κ2) is 10.9. The Bertz CT molecular complexity index is 522. The van der Waals surface area contributed by atoms with E-state index in [1.54, 1.807) is 11.3 Å². The van der Waals surface area contributed by atoms with Crippen molar-refractivity contribution in [3.05, 3.63) is 22.4 Å². The summed E-state index contributed by atoms with van der Waals surface area (Å²) in [6, 6.07) is 1.96. The minimum absolute atomic E-state index is 0.352. The number of nitrogens with zero attached hydrogens (tertiary/aromatic N) is 2. The van der Waals surface area contributed by atoms with E-state index < -0.39 is 5.60 Å². The van der Waals surface area contributed by atoms with Crippen molar-refractivity contribution in [2.75, 3.05) is 39.3 Å². The van der Waals surface area contributed by atoms with Crippen LogP contribution in [0.1, 0.15) is 52.0 Å². The molecule has 0 aliphatic carbocycles. The molecule has 1 aromatic heterocycles. The molecule has 1 unspecified atom stereocenters. The van der Waals surface area contributed by atoms with Gasteiger partial charge in [-0.05, 0) is 87.5 Å². The van der Waals surface area contributed by atoms with E-state index in [4.69, 9.17) is 0 Å². The predicted octanol–water partition coefficient (Wildman–Crippen LogP) is 3.02. The summed E-state index contributed by atoms with van der Waals surface area (Å²) < 4.78 is 0. The number of nitrogens with one attached hydrogen (secondary N) is 2. The number of aliphatic hydroxyl groups is 1. The number of piperidine rings is 1. The van der Waals surface area contributed by atoms with Crippen LogP contribution in [0.25, 0.3) is 0 Å². The van der Waals surface area contributed by atoms with Crippen LogP contribution < -0.4 is 10.6 Å². The molecule has 1 aromatic rings. The van der Waals surface area contributed by atoms with Crippen molar-refractivity contribution in [1.29, 1.82) is 0 Å². The van der Waals surface area contributed by atoms with E-state index in [1.165, 1.54) is 38.9 Å². The summed E-state index contributed by atoms with van der Waals surface area (Å²) in [6.07, 6.45) is 5.05. The van der Waals surface area contributed by atoms with Crippen molar-refractivity contribution in [3.63, 3.8) is 0 Å². The number of guanidine groups is 1. The Morgan fingerprint density at radius 3 is 2.77 bits per heavy atom. The molecular formula is C20H36N4OS. The van der Waals surface area contributed by atoms with Gasteiger partial charge in [0, 0.05) is 13.1 Å². The molecule has 0 bridgehead atoms. The van der Waals surface area contributed by atoms with E-state index in [0.29, 0.717) is 6.54 Å². The number of hydrogen-bond acceptors (Lipinski definition) is 4. The molecule has 1 atom stereocenters. The molecule has 2 heterocycles. The lowest BCUT2D eigenvalue weighted by Gasteiger charge is -2.30. The summed E-state index contributed by atoms with van der Waals surface area (Å²) in [4.78, 5) is 7.17. The lowest BCUT2D eigenvalue weighted by molar-refractivity contribution is 0.0677. The van der Waals surface area contributed by atoms with Crippen LogP contribution >= 0.6 is 11.3 Å². The number of unbranched alkanes of at least 4 members (excludes halogenated alkanes) is 1. The van der Waals surface area contributed by atoms with Gasteiger partial charge in [-0.15, -0.1) is 0 Å². The van der Waals surface area contributed by atoms with Crippen LogP contribution in [-0.2, 0) is 5.60 Å². The normalized spacial score (nSPS) is 19.3. The third kappa shape index (κ3) is 7.25. The van der Waals surface area contributed by atoms with Crippen LogP contribution in [0.2, 0.25) is 0 Å². The van der Waals surface area contributed by atoms with Gasteiger partial charge >= 0.3 is 0 Å². The maximum Gasteiger partial charge on any atom is 0.191 e. The van der Waals surface area contributed by atoms with Crippen LogP contribution in [0, 0.1) is 5.92 Å². The van der Waals surface area contributed by atoms with Crippen LogP contribution in [0.5, 0.6) is 0 Å². The molecule has 5 nitrogen and oxygen atoms in total. The monoisotopic (exact) mass is 380 g/mol. The summed E-state index contributed by atoms with van der Waals surface area (Å²) in [5.74, 6) is 1.69. The van der Waals surface area contributed by atoms with Gasteiger partial charge in [0.15, 0.2) is 5.96 Å². The van der Waals surface area contributed by atoms with Crippen molar-refractivity contribution < 1.29 is 5.11 Å². The predicted molar refractivity (Wildman–Crippen MR) is 112 cm³/mol. The largest absolute Gasteiger partial charge is 0.383 e. The van der Waals surface area contributed by atoms with Gasteiger partial charge in [-0.2, -0.15) is 11.3 Å². The zero-order chi connectivity index (χ0) is 18.8. The van der Waals surface area contributed by atoms with Crippen LogP contribution in [-0.4, -0.2) is 55.2 Å². The molecule has 148 valence electrons. The van der Waals surface area contributed by atoms with Gasteiger partial charge in [-0.1, -0.05) is 6.92 Å². The Labute approximate surface area is 162 Å². The highest BCUT2D eigenvalue weighted by atomic mass is 32.1. The van der Waals surface area contributed by atoms with E-state index in [0.717, 1.165) is 37.0 Å². The maximum atomic E-state index is 10.6. The van der Waals surface area contributed by atoms with Crippen molar-refractivity contribution >= 4 is 17.3 Å². The number of aliphatic imine (C=N–C) groups is 1. The Balaban J connectivity index is 1.68.